The number of rotatable bonds is 1. The molecule has 0 aromatic heterocycles. The van der Waals surface area contributed by atoms with Gasteiger partial charge in [0.25, 0.3) is 0 Å². The summed E-state index contributed by atoms with van der Waals surface area (Å²) >= 11 is 0. The van der Waals surface area contributed by atoms with Crippen LogP contribution in [-0.4, -0.2) is 12.3 Å². The summed E-state index contributed by atoms with van der Waals surface area (Å²) in [7, 11) is 0. The number of hydrogen-bond donors (Lipinski definition) is 0. The Morgan fingerprint density at radius 1 is 1.86 bits per heavy atom. The van der Waals surface area contributed by atoms with Gasteiger partial charge < -0.3 is 4.74 Å². The number of nitrogens with zero attached hydrogens (tertiary/aromatic N) is 3. The molecule has 0 bridgehead atoms. The molecule has 1 rings (SSSR count). The van der Waals surface area contributed by atoms with Crippen LogP contribution in [0.1, 0.15) is 6.92 Å². The summed E-state index contributed by atoms with van der Waals surface area (Å²) in [6.45, 7) is 1.86. The lowest BCUT2D eigenvalue weighted by molar-refractivity contribution is 0.382. The molecule has 38 valence electrons. The van der Waals surface area contributed by atoms with Crippen LogP contribution in [0.15, 0.2) is 5.11 Å². The summed E-state index contributed by atoms with van der Waals surface area (Å²) in [5.74, 6) is 0. The van der Waals surface area contributed by atoms with Gasteiger partial charge >= 0.3 is 0 Å². The van der Waals surface area contributed by atoms with E-state index >= 15 is 0 Å². The van der Waals surface area contributed by atoms with E-state index < -0.39 is 0 Å². The molecule has 1 heterocycles. The first-order valence-corrected chi connectivity index (χ1v) is 2.04. The maximum Gasteiger partial charge on any atom is 0.162 e. The van der Waals surface area contributed by atoms with Gasteiger partial charge in [0.15, 0.2) is 6.23 Å². The molecule has 1 fully saturated rings. The fraction of sp³-hybridized carbons (Fsp3) is 1.00. The van der Waals surface area contributed by atoms with Gasteiger partial charge in [-0.1, -0.05) is 5.11 Å². The van der Waals surface area contributed by atoms with Gasteiger partial charge in [-0.25, -0.2) is 0 Å². The maximum absolute atomic E-state index is 7.77. The van der Waals surface area contributed by atoms with Crippen molar-refractivity contribution in [3.8, 4) is 0 Å². The van der Waals surface area contributed by atoms with Gasteiger partial charge in [0.2, 0.25) is 0 Å². The minimum Gasteiger partial charge on any atom is -0.364 e. The predicted octanol–water partition coefficient (Wildman–Crippen LogP) is 1.04. The standard InChI is InChI=1S/C3H5N3O/c1-2-3(7-2)5-6-4/h2-3H,1H3/t2?,3-/m0/s1. The van der Waals surface area contributed by atoms with Gasteiger partial charge in [0, 0.05) is 4.91 Å². The number of hydrogen-bond acceptors (Lipinski definition) is 2. The number of epoxide rings is 1. The lowest BCUT2D eigenvalue weighted by atomic mass is 10.5. The Balaban J connectivity index is 2.34. The van der Waals surface area contributed by atoms with Gasteiger partial charge in [-0.15, -0.1) is 0 Å². The van der Waals surface area contributed by atoms with Crippen LogP contribution in [0, 0.1) is 0 Å². The predicted molar refractivity (Wildman–Crippen MR) is 23.5 cm³/mol. The van der Waals surface area contributed by atoms with Crippen LogP contribution in [0.2, 0.25) is 0 Å². The smallest absolute Gasteiger partial charge is 0.162 e. The highest BCUT2D eigenvalue weighted by Gasteiger charge is 2.32. The van der Waals surface area contributed by atoms with E-state index in [0.29, 0.717) is 0 Å². The minimum atomic E-state index is -0.176. The van der Waals surface area contributed by atoms with Crippen molar-refractivity contribution in [2.24, 2.45) is 5.11 Å². The van der Waals surface area contributed by atoms with Crippen molar-refractivity contribution < 1.29 is 4.74 Å². The van der Waals surface area contributed by atoms with Gasteiger partial charge in [0.1, 0.15) is 0 Å². The second-order valence-electron chi connectivity index (χ2n) is 1.44. The Bertz CT molecular complexity index is 117. The highest BCUT2D eigenvalue weighted by atomic mass is 16.6. The van der Waals surface area contributed by atoms with E-state index in [1.165, 1.54) is 0 Å². The first-order valence-electron chi connectivity index (χ1n) is 2.04. The average Bonchev–Trinajstić information content (AvgIpc) is 2.22. The van der Waals surface area contributed by atoms with Crippen LogP contribution in [0.4, 0.5) is 0 Å². The first-order chi connectivity index (χ1) is 3.34. The van der Waals surface area contributed by atoms with Crippen molar-refractivity contribution in [3.63, 3.8) is 0 Å². The topological polar surface area (TPSA) is 61.3 Å². The van der Waals surface area contributed by atoms with Crippen molar-refractivity contribution in [2.75, 3.05) is 0 Å². The van der Waals surface area contributed by atoms with E-state index in [0.717, 1.165) is 0 Å². The number of ether oxygens (including phenoxy) is 1. The van der Waals surface area contributed by atoms with Crippen LogP contribution >= 0.6 is 0 Å². The Morgan fingerprint density at radius 3 is 2.57 bits per heavy atom. The average molecular weight is 99.1 g/mol. The fourth-order valence-electron chi connectivity index (χ4n) is 0.347. The Kier molecular flexibility index (Phi) is 0.889. The van der Waals surface area contributed by atoms with E-state index in [1.54, 1.807) is 0 Å². The van der Waals surface area contributed by atoms with Gasteiger partial charge in [0.05, 0.1) is 6.10 Å². The van der Waals surface area contributed by atoms with E-state index in [-0.39, 0.29) is 12.3 Å². The normalized spacial score (nSPS) is 36.7. The molecule has 0 aromatic rings. The highest BCUT2D eigenvalue weighted by Crippen LogP contribution is 2.21. The molecule has 0 radical (unpaired) electrons. The Labute approximate surface area is 40.7 Å². The first kappa shape index (κ1) is 4.43. The van der Waals surface area contributed by atoms with E-state index in [2.05, 4.69) is 10.0 Å². The molecule has 0 amide bonds. The molecule has 0 spiro atoms. The molecule has 1 saturated heterocycles. The molecular weight excluding hydrogens is 94.1 g/mol. The van der Waals surface area contributed by atoms with Gasteiger partial charge in [-0.3, -0.25) is 0 Å². The zero-order chi connectivity index (χ0) is 5.28. The number of azide groups is 1. The van der Waals surface area contributed by atoms with Gasteiger partial charge in [-0.2, -0.15) is 0 Å². The molecule has 4 nitrogen and oxygen atoms in total. The minimum absolute atomic E-state index is 0.149. The molecule has 1 aliphatic heterocycles. The molecule has 7 heavy (non-hydrogen) atoms. The van der Waals surface area contributed by atoms with Crippen molar-refractivity contribution in [1.82, 2.24) is 0 Å². The zero-order valence-electron chi connectivity index (χ0n) is 3.90. The lowest BCUT2D eigenvalue weighted by Gasteiger charge is -1.62. The highest BCUT2D eigenvalue weighted by molar-refractivity contribution is 4.77. The molecule has 0 aliphatic carbocycles. The monoisotopic (exact) mass is 99.0 g/mol. The van der Waals surface area contributed by atoms with Crippen LogP contribution in [0.25, 0.3) is 10.4 Å². The summed E-state index contributed by atoms with van der Waals surface area (Å²) < 4.78 is 4.74. The summed E-state index contributed by atoms with van der Waals surface area (Å²) in [5.41, 5.74) is 7.77. The third-order valence-corrected chi connectivity index (χ3v) is 0.844. The van der Waals surface area contributed by atoms with Crippen molar-refractivity contribution in [2.45, 2.75) is 19.3 Å². The van der Waals surface area contributed by atoms with Crippen molar-refractivity contribution in [1.29, 1.82) is 0 Å². The van der Waals surface area contributed by atoms with E-state index in [4.69, 9.17) is 10.3 Å². The molecule has 0 N–H and O–H groups in total. The van der Waals surface area contributed by atoms with Crippen LogP contribution in [-0.2, 0) is 4.74 Å². The maximum atomic E-state index is 7.77. The molecule has 1 aliphatic rings. The SMILES string of the molecule is CC1O[C@@H]1N=[N+]=[N-]. The van der Waals surface area contributed by atoms with Crippen molar-refractivity contribution in [3.05, 3.63) is 10.4 Å². The Hall–Kier alpha value is -0.730. The van der Waals surface area contributed by atoms with E-state index in [9.17, 15) is 0 Å². The quantitative estimate of drug-likeness (QED) is 0.209. The van der Waals surface area contributed by atoms with Crippen LogP contribution in [0.5, 0.6) is 0 Å². The molecule has 4 heteroatoms. The molecule has 1 unspecified atom stereocenters. The molecular formula is C3H5N3O. The summed E-state index contributed by atoms with van der Waals surface area (Å²) in [6.07, 6.45) is -0.0269. The van der Waals surface area contributed by atoms with Crippen LogP contribution in [0.3, 0.4) is 0 Å². The lowest BCUT2D eigenvalue weighted by Crippen LogP contribution is -1.77. The summed E-state index contributed by atoms with van der Waals surface area (Å²) in [6, 6.07) is 0. The van der Waals surface area contributed by atoms with E-state index in [1.807, 2.05) is 6.92 Å². The second kappa shape index (κ2) is 1.40. The van der Waals surface area contributed by atoms with Crippen LogP contribution < -0.4 is 0 Å². The summed E-state index contributed by atoms with van der Waals surface area (Å²) in [5, 5.41) is 3.28. The third kappa shape index (κ3) is 0.824. The largest absolute Gasteiger partial charge is 0.364 e. The van der Waals surface area contributed by atoms with Crippen molar-refractivity contribution >= 4 is 0 Å². The Morgan fingerprint density at radius 2 is 2.43 bits per heavy atom. The molecule has 0 saturated carbocycles. The second-order valence-corrected chi connectivity index (χ2v) is 1.44. The zero-order valence-corrected chi connectivity index (χ0v) is 3.90. The summed E-state index contributed by atoms with van der Waals surface area (Å²) in [4.78, 5) is 2.55. The van der Waals surface area contributed by atoms with Gasteiger partial charge in [-0.05, 0) is 12.5 Å². The fourth-order valence-corrected chi connectivity index (χ4v) is 0.347. The molecule has 0 aromatic carbocycles. The third-order valence-electron chi connectivity index (χ3n) is 0.844. The molecule has 2 atom stereocenters.